The maximum Gasteiger partial charge on any atom is 0.279 e. The van der Waals surface area contributed by atoms with Gasteiger partial charge in [0.15, 0.2) is 13.1 Å². The van der Waals surface area contributed by atoms with Gasteiger partial charge in [0.1, 0.15) is 5.82 Å². The molecule has 2 amide bonds. The molecule has 0 aliphatic heterocycles. The highest BCUT2D eigenvalue weighted by atomic mass is 35.5. The number of nitrogens with one attached hydrogen (secondary N) is 3. The standard InChI is InChI=1S/C19H21ClFN3O2/c1-3-24(11-18(25)22-16-6-4-5-15(21)10-16)12-19(26)23-17-9-14(20)8-7-13(17)2/h4-10H,3,11-12H2,1-2H3,(H,22,25)(H,23,26)/p+1. The number of anilines is 2. The summed E-state index contributed by atoms with van der Waals surface area (Å²) >= 11 is 5.95. The smallest absolute Gasteiger partial charge is 0.279 e. The average Bonchev–Trinajstić information content (AvgIpc) is 2.57. The van der Waals surface area contributed by atoms with Crippen LogP contribution in [0.5, 0.6) is 0 Å². The van der Waals surface area contributed by atoms with Crippen molar-refractivity contribution >= 4 is 34.8 Å². The number of hydrogen-bond donors (Lipinski definition) is 3. The molecule has 0 heterocycles. The van der Waals surface area contributed by atoms with E-state index in [-0.39, 0.29) is 24.9 Å². The molecule has 2 aromatic carbocycles. The number of amides is 2. The van der Waals surface area contributed by atoms with E-state index in [1.165, 1.54) is 18.2 Å². The van der Waals surface area contributed by atoms with Gasteiger partial charge >= 0.3 is 0 Å². The Morgan fingerprint density at radius 3 is 2.42 bits per heavy atom. The molecular weight excluding hydrogens is 357 g/mol. The van der Waals surface area contributed by atoms with Crippen molar-refractivity contribution in [2.45, 2.75) is 13.8 Å². The minimum absolute atomic E-state index is 0.106. The number of rotatable bonds is 7. The molecule has 2 aromatic rings. The van der Waals surface area contributed by atoms with E-state index in [4.69, 9.17) is 11.6 Å². The van der Waals surface area contributed by atoms with E-state index in [0.717, 1.165) is 10.5 Å². The predicted octanol–water partition coefficient (Wildman–Crippen LogP) is 2.27. The Morgan fingerprint density at radius 1 is 1.08 bits per heavy atom. The molecule has 0 aliphatic carbocycles. The highest BCUT2D eigenvalue weighted by Crippen LogP contribution is 2.19. The minimum Gasteiger partial charge on any atom is -0.321 e. The predicted molar refractivity (Wildman–Crippen MR) is 101 cm³/mol. The van der Waals surface area contributed by atoms with E-state index in [0.29, 0.717) is 22.9 Å². The van der Waals surface area contributed by atoms with Crippen LogP contribution in [0.15, 0.2) is 42.5 Å². The summed E-state index contributed by atoms with van der Waals surface area (Å²) in [7, 11) is 0. The molecule has 0 aromatic heterocycles. The summed E-state index contributed by atoms with van der Waals surface area (Å²) in [6, 6.07) is 11.0. The fourth-order valence-corrected chi connectivity index (χ4v) is 2.63. The van der Waals surface area contributed by atoms with Crippen LogP contribution in [0.3, 0.4) is 0 Å². The zero-order chi connectivity index (χ0) is 19.1. The summed E-state index contributed by atoms with van der Waals surface area (Å²) in [5.41, 5.74) is 1.95. The summed E-state index contributed by atoms with van der Waals surface area (Å²) in [5, 5.41) is 6.00. The van der Waals surface area contributed by atoms with Crippen LogP contribution in [-0.4, -0.2) is 31.4 Å². The Kier molecular flexibility index (Phi) is 7.12. The van der Waals surface area contributed by atoms with Crippen LogP contribution >= 0.6 is 11.6 Å². The molecule has 26 heavy (non-hydrogen) atoms. The van der Waals surface area contributed by atoms with Gasteiger partial charge in [0, 0.05) is 16.4 Å². The fourth-order valence-electron chi connectivity index (χ4n) is 2.46. The first-order valence-corrected chi connectivity index (χ1v) is 8.70. The van der Waals surface area contributed by atoms with Crippen LogP contribution in [-0.2, 0) is 9.59 Å². The maximum absolute atomic E-state index is 13.2. The van der Waals surface area contributed by atoms with Gasteiger partial charge in [0.25, 0.3) is 11.8 Å². The second kappa shape index (κ2) is 9.31. The lowest BCUT2D eigenvalue weighted by Gasteiger charge is -2.17. The third-order valence-electron chi connectivity index (χ3n) is 3.90. The Labute approximate surface area is 157 Å². The fraction of sp³-hybridized carbons (Fsp3) is 0.263. The van der Waals surface area contributed by atoms with E-state index in [1.807, 2.05) is 19.9 Å². The molecule has 7 heteroatoms. The molecule has 0 spiro atoms. The monoisotopic (exact) mass is 378 g/mol. The Bertz CT molecular complexity index is 798. The number of likely N-dealkylation sites (N-methyl/N-ethyl adjacent to an activating group) is 1. The molecular formula is C19H22ClFN3O2+. The first kappa shape index (κ1) is 19.9. The van der Waals surface area contributed by atoms with Crippen LogP contribution in [0.25, 0.3) is 0 Å². The van der Waals surface area contributed by atoms with E-state index < -0.39 is 5.82 Å². The van der Waals surface area contributed by atoms with Gasteiger partial charge in [0.2, 0.25) is 0 Å². The summed E-state index contributed by atoms with van der Waals surface area (Å²) in [6.45, 7) is 4.61. The molecule has 3 N–H and O–H groups in total. The van der Waals surface area contributed by atoms with Gasteiger partial charge in [-0.1, -0.05) is 23.7 Å². The number of halogens is 2. The number of benzene rings is 2. The van der Waals surface area contributed by atoms with Crippen LogP contribution in [0, 0.1) is 12.7 Å². The molecule has 0 bridgehead atoms. The number of carbonyl (C=O) groups excluding carboxylic acids is 2. The number of aryl methyl sites for hydroxylation is 1. The van der Waals surface area contributed by atoms with E-state index in [1.54, 1.807) is 18.2 Å². The van der Waals surface area contributed by atoms with Crippen molar-refractivity contribution in [1.29, 1.82) is 0 Å². The maximum atomic E-state index is 13.2. The minimum atomic E-state index is -0.418. The van der Waals surface area contributed by atoms with E-state index in [2.05, 4.69) is 10.6 Å². The lowest BCUT2D eigenvalue weighted by Crippen LogP contribution is -3.13. The summed E-state index contributed by atoms with van der Waals surface area (Å²) in [6.07, 6.45) is 0. The lowest BCUT2D eigenvalue weighted by atomic mass is 10.2. The van der Waals surface area contributed by atoms with Gasteiger partial charge in [0.05, 0.1) is 6.54 Å². The molecule has 0 saturated carbocycles. The highest BCUT2D eigenvalue weighted by Gasteiger charge is 2.17. The van der Waals surface area contributed by atoms with Gasteiger partial charge in [-0.05, 0) is 49.7 Å². The number of quaternary nitrogens is 1. The quantitative estimate of drug-likeness (QED) is 0.692. The van der Waals surface area contributed by atoms with E-state index in [9.17, 15) is 14.0 Å². The molecule has 0 saturated heterocycles. The summed E-state index contributed by atoms with van der Waals surface area (Å²) in [4.78, 5) is 25.2. The second-order valence-corrected chi connectivity index (χ2v) is 6.46. The first-order chi connectivity index (χ1) is 12.4. The van der Waals surface area contributed by atoms with Crippen molar-refractivity contribution in [2.75, 3.05) is 30.3 Å². The topological polar surface area (TPSA) is 62.6 Å². The normalized spacial score (nSPS) is 11.7. The van der Waals surface area contributed by atoms with E-state index >= 15 is 0 Å². The molecule has 0 fully saturated rings. The van der Waals surface area contributed by atoms with Gasteiger partial charge in [-0.25, -0.2) is 4.39 Å². The third kappa shape index (κ3) is 6.13. The van der Waals surface area contributed by atoms with Gasteiger partial charge in [-0.2, -0.15) is 0 Å². The van der Waals surface area contributed by atoms with Crippen molar-refractivity contribution < 1.29 is 18.9 Å². The van der Waals surface area contributed by atoms with Crippen molar-refractivity contribution in [3.63, 3.8) is 0 Å². The Balaban J connectivity index is 1.90. The van der Waals surface area contributed by atoms with Gasteiger partial charge < -0.3 is 15.5 Å². The molecule has 138 valence electrons. The van der Waals surface area contributed by atoms with Crippen molar-refractivity contribution in [3.05, 3.63) is 58.9 Å². The van der Waals surface area contributed by atoms with Crippen LogP contribution < -0.4 is 15.5 Å². The second-order valence-electron chi connectivity index (χ2n) is 6.02. The Hall–Kier alpha value is -2.44. The Morgan fingerprint density at radius 2 is 1.77 bits per heavy atom. The molecule has 0 radical (unpaired) electrons. The molecule has 5 nitrogen and oxygen atoms in total. The average molecular weight is 379 g/mol. The van der Waals surface area contributed by atoms with Crippen molar-refractivity contribution in [2.24, 2.45) is 0 Å². The SMILES string of the molecule is CC[NH+](CC(=O)Nc1cccc(F)c1)CC(=O)Nc1cc(Cl)ccc1C. The van der Waals surface area contributed by atoms with Crippen LogP contribution in [0.1, 0.15) is 12.5 Å². The zero-order valence-electron chi connectivity index (χ0n) is 14.7. The molecule has 0 aliphatic rings. The molecule has 2 rings (SSSR count). The zero-order valence-corrected chi connectivity index (χ0v) is 15.5. The summed E-state index contributed by atoms with van der Waals surface area (Å²) < 4.78 is 13.2. The van der Waals surface area contributed by atoms with Crippen LogP contribution in [0.4, 0.5) is 15.8 Å². The largest absolute Gasteiger partial charge is 0.321 e. The summed E-state index contributed by atoms with van der Waals surface area (Å²) in [5.74, 6) is -0.899. The van der Waals surface area contributed by atoms with Gasteiger partial charge in [-0.3, -0.25) is 9.59 Å². The van der Waals surface area contributed by atoms with Crippen molar-refractivity contribution in [3.8, 4) is 0 Å². The molecule has 1 atom stereocenters. The number of hydrogen-bond acceptors (Lipinski definition) is 2. The van der Waals surface area contributed by atoms with Crippen molar-refractivity contribution in [1.82, 2.24) is 0 Å². The highest BCUT2D eigenvalue weighted by molar-refractivity contribution is 6.31. The van der Waals surface area contributed by atoms with Crippen LogP contribution in [0.2, 0.25) is 5.02 Å². The van der Waals surface area contributed by atoms with Gasteiger partial charge in [-0.15, -0.1) is 0 Å². The first-order valence-electron chi connectivity index (χ1n) is 8.32. The number of carbonyl (C=O) groups is 2. The third-order valence-corrected chi connectivity index (χ3v) is 4.14. The molecule has 1 unspecified atom stereocenters. The lowest BCUT2D eigenvalue weighted by molar-refractivity contribution is -0.881.